The summed E-state index contributed by atoms with van der Waals surface area (Å²) in [4.78, 5) is 23.4. The molecule has 188 valence electrons. The van der Waals surface area contributed by atoms with Crippen LogP contribution in [0.25, 0.3) is 10.9 Å². The summed E-state index contributed by atoms with van der Waals surface area (Å²) in [6.07, 6.45) is 2.70. The number of hydrogen-bond donors (Lipinski definition) is 1. The Hall–Kier alpha value is -2.86. The fourth-order valence-electron chi connectivity index (χ4n) is 3.99. The van der Waals surface area contributed by atoms with Crippen molar-refractivity contribution in [2.75, 3.05) is 38.8 Å². The van der Waals surface area contributed by atoms with Gasteiger partial charge in [0.15, 0.2) is 11.5 Å². The van der Waals surface area contributed by atoms with Gasteiger partial charge in [0.25, 0.3) is 0 Å². The highest BCUT2D eigenvalue weighted by atomic mass is 32.2. The summed E-state index contributed by atoms with van der Waals surface area (Å²) in [7, 11) is -1.05. The second-order valence-corrected chi connectivity index (χ2v) is 10.7. The number of ether oxygens (including phenoxy) is 3. The predicted molar refractivity (Wildman–Crippen MR) is 128 cm³/mol. The van der Waals surface area contributed by atoms with Crippen molar-refractivity contribution in [2.45, 2.75) is 45.6 Å². The number of aromatic nitrogens is 2. The Labute approximate surface area is 200 Å². The van der Waals surface area contributed by atoms with E-state index < -0.39 is 21.9 Å². The number of anilines is 1. The second kappa shape index (κ2) is 10.2. The van der Waals surface area contributed by atoms with Crippen LogP contribution in [0.2, 0.25) is 0 Å². The molecule has 1 aromatic carbocycles. The fourth-order valence-corrected chi connectivity index (χ4v) is 4.59. The van der Waals surface area contributed by atoms with Crippen molar-refractivity contribution in [1.82, 2.24) is 14.3 Å². The van der Waals surface area contributed by atoms with Crippen molar-refractivity contribution >= 4 is 33.0 Å². The van der Waals surface area contributed by atoms with E-state index in [9.17, 15) is 13.2 Å². The number of carbonyl (C=O) groups excluding carboxylic acids is 1. The zero-order valence-electron chi connectivity index (χ0n) is 20.3. The van der Waals surface area contributed by atoms with Gasteiger partial charge in [0.05, 0.1) is 19.7 Å². The molecular formula is C22H33N5O6S. The maximum absolute atomic E-state index is 12.3. The maximum atomic E-state index is 12.3. The highest BCUT2D eigenvalue weighted by Crippen LogP contribution is 2.36. The average Bonchev–Trinajstić information content (AvgIpc) is 2.76. The summed E-state index contributed by atoms with van der Waals surface area (Å²) in [5, 5.41) is 6.13. The van der Waals surface area contributed by atoms with E-state index in [0.717, 1.165) is 42.7 Å². The van der Waals surface area contributed by atoms with Crippen LogP contribution in [0.3, 0.4) is 0 Å². The molecule has 2 aromatic rings. The molecular weight excluding hydrogens is 462 g/mol. The Bertz CT molecular complexity index is 1130. The van der Waals surface area contributed by atoms with Crippen molar-refractivity contribution in [3.63, 3.8) is 0 Å². The molecule has 3 rings (SSSR count). The van der Waals surface area contributed by atoms with Crippen molar-refractivity contribution in [3.8, 4) is 11.5 Å². The second-order valence-electron chi connectivity index (χ2n) is 9.24. The van der Waals surface area contributed by atoms with Crippen LogP contribution in [-0.2, 0) is 14.9 Å². The fraction of sp³-hybridized carbons (Fsp3) is 0.591. The van der Waals surface area contributed by atoms with Gasteiger partial charge in [0.1, 0.15) is 17.7 Å². The Morgan fingerprint density at radius 1 is 1.15 bits per heavy atom. The summed E-state index contributed by atoms with van der Waals surface area (Å²) >= 11 is 0. The van der Waals surface area contributed by atoms with E-state index >= 15 is 0 Å². The molecule has 12 heteroatoms. The third-order valence-electron chi connectivity index (χ3n) is 5.68. The molecule has 11 nitrogen and oxygen atoms in total. The number of piperidine rings is 1. The molecule has 0 spiro atoms. The lowest BCUT2D eigenvalue weighted by molar-refractivity contribution is 0.0384. The van der Waals surface area contributed by atoms with Gasteiger partial charge in [-0.2, -0.15) is 12.7 Å². The Morgan fingerprint density at radius 2 is 1.76 bits per heavy atom. The van der Waals surface area contributed by atoms with Crippen LogP contribution in [0.4, 0.5) is 10.6 Å². The summed E-state index contributed by atoms with van der Waals surface area (Å²) in [6, 6.07) is 3.70. The molecule has 1 saturated heterocycles. The molecule has 0 aliphatic carbocycles. The quantitative estimate of drug-likeness (QED) is 0.614. The number of nitrogens with two attached hydrogens (primary N) is 1. The van der Waals surface area contributed by atoms with Crippen LogP contribution in [0.1, 0.15) is 40.0 Å². The third-order valence-corrected chi connectivity index (χ3v) is 6.62. The van der Waals surface area contributed by atoms with Gasteiger partial charge in [-0.1, -0.05) is 0 Å². The molecule has 1 fully saturated rings. The Kier molecular flexibility index (Phi) is 7.71. The molecule has 2 heterocycles. The van der Waals surface area contributed by atoms with Crippen LogP contribution in [0, 0.1) is 5.92 Å². The summed E-state index contributed by atoms with van der Waals surface area (Å²) in [5.41, 5.74) is -0.0656. The van der Waals surface area contributed by atoms with Gasteiger partial charge in [-0.15, -0.1) is 0 Å². The summed E-state index contributed by atoms with van der Waals surface area (Å²) in [5.74, 6) is 2.24. The van der Waals surface area contributed by atoms with Gasteiger partial charge < -0.3 is 19.1 Å². The van der Waals surface area contributed by atoms with E-state index in [2.05, 4.69) is 14.9 Å². The van der Waals surface area contributed by atoms with E-state index in [1.54, 1.807) is 35.0 Å². The minimum Gasteiger partial charge on any atom is -0.493 e. The van der Waals surface area contributed by atoms with Crippen molar-refractivity contribution in [3.05, 3.63) is 18.5 Å². The SMILES string of the molecule is COc1cc2ncnc(N3CCC(CCN(C(=O)OC(C)(C)C)S(N)(=O)=O)CC3)c2cc1OC. The number of fused-ring (bicyclic) bond motifs is 1. The normalized spacial score (nSPS) is 15.3. The number of carbonyl (C=O) groups is 1. The standard InChI is InChI=1S/C22H33N5O6S/c1-22(2,3)33-21(28)27(34(23,29)30)11-8-15-6-9-26(10-7-15)20-16-12-18(31-4)19(32-5)13-17(16)24-14-25-20/h12-15H,6-11H2,1-5H3,(H2,23,29,30). The molecule has 1 aliphatic heterocycles. The molecule has 1 aromatic heterocycles. The summed E-state index contributed by atoms with van der Waals surface area (Å²) < 4.78 is 40.5. The number of amides is 1. The van der Waals surface area contributed by atoms with Crippen molar-refractivity contribution < 1.29 is 27.4 Å². The molecule has 1 amide bonds. The van der Waals surface area contributed by atoms with E-state index in [1.807, 2.05) is 12.1 Å². The van der Waals surface area contributed by atoms with Crippen molar-refractivity contribution in [2.24, 2.45) is 11.1 Å². The minimum absolute atomic E-state index is 0.0220. The molecule has 0 radical (unpaired) electrons. The lowest BCUT2D eigenvalue weighted by atomic mass is 9.93. The lowest BCUT2D eigenvalue weighted by Crippen LogP contribution is -2.45. The highest BCUT2D eigenvalue weighted by Gasteiger charge is 2.31. The number of benzene rings is 1. The van der Waals surface area contributed by atoms with Crippen LogP contribution in [0.15, 0.2) is 18.5 Å². The van der Waals surface area contributed by atoms with Gasteiger partial charge in [-0.05, 0) is 52.0 Å². The van der Waals surface area contributed by atoms with Gasteiger partial charge in [-0.3, -0.25) is 0 Å². The molecule has 1 aliphatic rings. The Balaban J connectivity index is 1.67. The van der Waals surface area contributed by atoms with Gasteiger partial charge >= 0.3 is 16.3 Å². The van der Waals surface area contributed by atoms with E-state index in [4.69, 9.17) is 19.3 Å². The third kappa shape index (κ3) is 6.17. The van der Waals surface area contributed by atoms with E-state index in [0.29, 0.717) is 22.2 Å². The molecule has 2 N–H and O–H groups in total. The van der Waals surface area contributed by atoms with Gasteiger partial charge in [-0.25, -0.2) is 19.9 Å². The van der Waals surface area contributed by atoms with Crippen LogP contribution >= 0.6 is 0 Å². The first-order valence-corrected chi connectivity index (χ1v) is 12.6. The average molecular weight is 496 g/mol. The first-order chi connectivity index (χ1) is 15.9. The molecule has 0 saturated carbocycles. The first-order valence-electron chi connectivity index (χ1n) is 11.1. The van der Waals surface area contributed by atoms with Crippen molar-refractivity contribution in [1.29, 1.82) is 0 Å². The Morgan fingerprint density at radius 3 is 2.32 bits per heavy atom. The smallest absolute Gasteiger partial charge is 0.425 e. The van der Waals surface area contributed by atoms with Crippen LogP contribution in [0.5, 0.6) is 11.5 Å². The number of methoxy groups -OCH3 is 2. The molecule has 0 atom stereocenters. The predicted octanol–water partition coefficient (Wildman–Crippen LogP) is 2.69. The molecule has 0 unspecified atom stereocenters. The van der Waals surface area contributed by atoms with Crippen LogP contribution in [-0.4, -0.2) is 68.2 Å². The summed E-state index contributed by atoms with van der Waals surface area (Å²) in [6.45, 7) is 6.45. The maximum Gasteiger partial charge on any atom is 0.425 e. The van der Waals surface area contributed by atoms with E-state index in [-0.39, 0.29) is 12.5 Å². The monoisotopic (exact) mass is 495 g/mol. The largest absolute Gasteiger partial charge is 0.493 e. The number of rotatable bonds is 7. The van der Waals surface area contributed by atoms with Gasteiger partial charge in [0, 0.05) is 31.1 Å². The number of nitrogens with zero attached hydrogens (tertiary/aromatic N) is 4. The topological polar surface area (TPSA) is 137 Å². The lowest BCUT2D eigenvalue weighted by Gasteiger charge is -2.34. The zero-order chi connectivity index (χ0) is 25.1. The minimum atomic E-state index is -4.22. The number of hydrogen-bond acceptors (Lipinski definition) is 9. The highest BCUT2D eigenvalue weighted by molar-refractivity contribution is 7.87. The van der Waals surface area contributed by atoms with Gasteiger partial charge in [0.2, 0.25) is 0 Å². The van der Waals surface area contributed by atoms with E-state index in [1.165, 1.54) is 6.33 Å². The zero-order valence-corrected chi connectivity index (χ0v) is 21.1. The molecule has 34 heavy (non-hydrogen) atoms. The van der Waals surface area contributed by atoms with Crippen LogP contribution < -0.4 is 19.5 Å². The first kappa shape index (κ1) is 25.8. The molecule has 0 bridgehead atoms.